The third kappa shape index (κ3) is 4.95. The van der Waals surface area contributed by atoms with Gasteiger partial charge in [0, 0.05) is 31.9 Å². The Morgan fingerprint density at radius 1 is 1.21 bits per heavy atom. The first-order valence-electron chi connectivity index (χ1n) is 9.41. The summed E-state index contributed by atoms with van der Waals surface area (Å²) in [5, 5.41) is 13.9. The Morgan fingerprint density at radius 3 is 2.46 bits per heavy atom. The van der Waals surface area contributed by atoms with Crippen LogP contribution in [0.5, 0.6) is 0 Å². The smallest absolute Gasteiger partial charge is 0.0766 e. The molecule has 0 atom stereocenters. The molecule has 0 aromatic heterocycles. The van der Waals surface area contributed by atoms with Crippen LogP contribution in [0.15, 0.2) is 24.3 Å². The average Bonchev–Trinajstić information content (AvgIpc) is 2.62. The molecule has 0 bridgehead atoms. The summed E-state index contributed by atoms with van der Waals surface area (Å²) in [7, 11) is 4.43. The van der Waals surface area contributed by atoms with Gasteiger partial charge in [-0.3, -0.25) is 0 Å². The zero-order chi connectivity index (χ0) is 17.6. The summed E-state index contributed by atoms with van der Waals surface area (Å²) in [6.07, 6.45) is 4.02. The molecule has 1 aliphatic rings. The standard InChI is InChI=1S/C20H35N3O/c1-5-20(24,6-2)16-21-15-17-9-7-8-10-19(17)23(4)18-11-13-22(3)14-12-18/h7-10,18,21,24H,5-6,11-16H2,1-4H3. The van der Waals surface area contributed by atoms with Gasteiger partial charge in [0.25, 0.3) is 0 Å². The summed E-state index contributed by atoms with van der Waals surface area (Å²) in [6.45, 7) is 7.90. The van der Waals surface area contributed by atoms with Gasteiger partial charge in [-0.2, -0.15) is 0 Å². The minimum atomic E-state index is -0.588. The molecule has 1 fully saturated rings. The van der Waals surface area contributed by atoms with Crippen molar-refractivity contribution in [2.24, 2.45) is 0 Å². The molecule has 136 valence electrons. The van der Waals surface area contributed by atoms with Crippen molar-refractivity contribution in [3.05, 3.63) is 29.8 Å². The minimum absolute atomic E-state index is 0.588. The molecule has 4 heteroatoms. The second kappa shape index (κ2) is 8.84. The van der Waals surface area contributed by atoms with E-state index in [0.717, 1.165) is 19.4 Å². The molecule has 1 aliphatic heterocycles. The minimum Gasteiger partial charge on any atom is -0.389 e. The van der Waals surface area contributed by atoms with Gasteiger partial charge in [0.1, 0.15) is 0 Å². The van der Waals surface area contributed by atoms with E-state index in [1.54, 1.807) is 0 Å². The fraction of sp³-hybridized carbons (Fsp3) is 0.700. The van der Waals surface area contributed by atoms with Crippen molar-refractivity contribution in [3.8, 4) is 0 Å². The van der Waals surface area contributed by atoms with Gasteiger partial charge in [-0.15, -0.1) is 0 Å². The maximum atomic E-state index is 10.4. The summed E-state index contributed by atoms with van der Waals surface area (Å²) < 4.78 is 0. The number of benzene rings is 1. The number of anilines is 1. The van der Waals surface area contributed by atoms with Crippen molar-refractivity contribution in [1.29, 1.82) is 0 Å². The predicted molar refractivity (Wildman–Crippen MR) is 103 cm³/mol. The van der Waals surface area contributed by atoms with Crippen molar-refractivity contribution < 1.29 is 5.11 Å². The topological polar surface area (TPSA) is 38.7 Å². The number of likely N-dealkylation sites (tertiary alicyclic amines) is 1. The van der Waals surface area contributed by atoms with E-state index in [2.05, 4.69) is 53.5 Å². The van der Waals surface area contributed by atoms with Crippen LogP contribution in [0.2, 0.25) is 0 Å². The quantitative estimate of drug-likeness (QED) is 0.767. The summed E-state index contributed by atoms with van der Waals surface area (Å²) in [5.74, 6) is 0. The van der Waals surface area contributed by atoms with Crippen LogP contribution in [-0.2, 0) is 6.54 Å². The fourth-order valence-electron chi connectivity index (χ4n) is 3.51. The maximum absolute atomic E-state index is 10.4. The predicted octanol–water partition coefficient (Wildman–Crippen LogP) is 2.86. The highest BCUT2D eigenvalue weighted by Crippen LogP contribution is 2.25. The Bertz CT molecular complexity index is 493. The number of hydrogen-bond acceptors (Lipinski definition) is 4. The van der Waals surface area contributed by atoms with Crippen molar-refractivity contribution in [3.63, 3.8) is 0 Å². The SMILES string of the molecule is CCC(O)(CC)CNCc1ccccc1N(C)C1CCN(C)CC1. The lowest BCUT2D eigenvalue weighted by Crippen LogP contribution is -2.42. The molecule has 1 aromatic carbocycles. The molecule has 0 aliphatic carbocycles. The summed E-state index contributed by atoms with van der Waals surface area (Å²) in [5.41, 5.74) is 2.04. The van der Waals surface area contributed by atoms with Crippen molar-refractivity contribution in [2.75, 3.05) is 38.6 Å². The van der Waals surface area contributed by atoms with E-state index >= 15 is 0 Å². The van der Waals surface area contributed by atoms with E-state index < -0.39 is 5.60 Å². The molecular formula is C20H35N3O. The van der Waals surface area contributed by atoms with Gasteiger partial charge in [-0.05, 0) is 57.5 Å². The summed E-state index contributed by atoms with van der Waals surface area (Å²) >= 11 is 0. The first-order chi connectivity index (χ1) is 11.5. The molecule has 4 nitrogen and oxygen atoms in total. The van der Waals surface area contributed by atoms with Crippen LogP contribution >= 0.6 is 0 Å². The van der Waals surface area contributed by atoms with Crippen LogP contribution < -0.4 is 10.2 Å². The lowest BCUT2D eigenvalue weighted by atomic mass is 9.97. The molecular weight excluding hydrogens is 298 g/mol. The number of para-hydroxylation sites is 1. The van der Waals surface area contributed by atoms with E-state index in [4.69, 9.17) is 0 Å². The molecule has 0 saturated carbocycles. The second-order valence-electron chi connectivity index (χ2n) is 7.31. The molecule has 0 radical (unpaired) electrons. The van der Waals surface area contributed by atoms with Gasteiger partial charge in [-0.1, -0.05) is 32.0 Å². The zero-order valence-corrected chi connectivity index (χ0v) is 15.9. The summed E-state index contributed by atoms with van der Waals surface area (Å²) in [6, 6.07) is 9.27. The lowest BCUT2D eigenvalue weighted by Gasteiger charge is -2.37. The van der Waals surface area contributed by atoms with Crippen LogP contribution in [0, 0.1) is 0 Å². The number of aliphatic hydroxyl groups is 1. The van der Waals surface area contributed by atoms with Gasteiger partial charge in [0.15, 0.2) is 0 Å². The Balaban J connectivity index is 1.99. The Labute approximate surface area is 147 Å². The highest BCUT2D eigenvalue weighted by molar-refractivity contribution is 5.54. The average molecular weight is 334 g/mol. The third-order valence-electron chi connectivity index (χ3n) is 5.69. The van der Waals surface area contributed by atoms with Crippen LogP contribution in [0.25, 0.3) is 0 Å². The lowest BCUT2D eigenvalue weighted by molar-refractivity contribution is 0.0323. The molecule has 0 unspecified atom stereocenters. The zero-order valence-electron chi connectivity index (χ0n) is 15.9. The molecule has 2 N–H and O–H groups in total. The van der Waals surface area contributed by atoms with Gasteiger partial charge in [0.2, 0.25) is 0 Å². The Morgan fingerprint density at radius 2 is 1.83 bits per heavy atom. The number of hydrogen-bond donors (Lipinski definition) is 2. The van der Waals surface area contributed by atoms with E-state index in [0.29, 0.717) is 12.6 Å². The maximum Gasteiger partial charge on any atom is 0.0766 e. The molecule has 1 heterocycles. The van der Waals surface area contributed by atoms with Crippen molar-refractivity contribution >= 4 is 5.69 Å². The van der Waals surface area contributed by atoms with Gasteiger partial charge in [0.05, 0.1) is 5.60 Å². The molecule has 2 rings (SSSR count). The largest absolute Gasteiger partial charge is 0.389 e. The first-order valence-corrected chi connectivity index (χ1v) is 9.41. The van der Waals surface area contributed by atoms with E-state index in [-0.39, 0.29) is 0 Å². The van der Waals surface area contributed by atoms with Crippen molar-refractivity contribution in [2.45, 2.75) is 57.7 Å². The second-order valence-corrected chi connectivity index (χ2v) is 7.31. The molecule has 24 heavy (non-hydrogen) atoms. The summed E-state index contributed by atoms with van der Waals surface area (Å²) in [4.78, 5) is 4.87. The van der Waals surface area contributed by atoms with Crippen LogP contribution in [-0.4, -0.2) is 55.4 Å². The normalized spacial score (nSPS) is 17.2. The van der Waals surface area contributed by atoms with Crippen LogP contribution in [0.1, 0.15) is 45.1 Å². The highest BCUT2D eigenvalue weighted by Gasteiger charge is 2.23. The van der Waals surface area contributed by atoms with Crippen molar-refractivity contribution in [1.82, 2.24) is 10.2 Å². The van der Waals surface area contributed by atoms with Crippen LogP contribution in [0.3, 0.4) is 0 Å². The molecule has 1 aromatic rings. The molecule has 1 saturated heterocycles. The van der Waals surface area contributed by atoms with E-state index in [1.807, 2.05) is 13.8 Å². The molecule has 0 spiro atoms. The van der Waals surface area contributed by atoms with E-state index in [9.17, 15) is 5.11 Å². The fourth-order valence-corrected chi connectivity index (χ4v) is 3.51. The Hall–Kier alpha value is -1.10. The van der Waals surface area contributed by atoms with E-state index in [1.165, 1.54) is 37.2 Å². The highest BCUT2D eigenvalue weighted by atomic mass is 16.3. The number of piperidine rings is 1. The number of nitrogens with one attached hydrogen (secondary N) is 1. The van der Waals surface area contributed by atoms with Crippen LogP contribution in [0.4, 0.5) is 5.69 Å². The third-order valence-corrected chi connectivity index (χ3v) is 5.69. The van der Waals surface area contributed by atoms with Gasteiger partial charge < -0.3 is 20.2 Å². The number of nitrogens with zero attached hydrogens (tertiary/aromatic N) is 2. The van der Waals surface area contributed by atoms with Gasteiger partial charge in [-0.25, -0.2) is 0 Å². The number of rotatable bonds is 8. The monoisotopic (exact) mass is 333 g/mol. The Kier molecular flexibility index (Phi) is 7.08. The first kappa shape index (κ1) is 19.2. The van der Waals surface area contributed by atoms with Gasteiger partial charge >= 0.3 is 0 Å². The molecule has 0 amide bonds.